The Bertz CT molecular complexity index is 768. The number of primary amides is 1. The zero-order valence-corrected chi connectivity index (χ0v) is 14.6. The molecule has 0 aromatic heterocycles. The summed E-state index contributed by atoms with van der Waals surface area (Å²) in [7, 11) is 0. The lowest BCUT2D eigenvalue weighted by molar-refractivity contribution is -0.120. The molecule has 1 aliphatic rings. The second kappa shape index (κ2) is 7.70. The Hall–Kier alpha value is -2.33. The molecule has 130 valence electrons. The molecule has 0 heterocycles. The maximum Gasteiger partial charge on any atom is 0.257 e. The second-order valence-electron chi connectivity index (χ2n) is 6.48. The van der Waals surface area contributed by atoms with Crippen molar-refractivity contribution < 1.29 is 9.59 Å². The number of hydrogen-bond acceptors (Lipinski definition) is 2. The predicted octanol–water partition coefficient (Wildman–Crippen LogP) is 4.35. The van der Waals surface area contributed by atoms with Crippen molar-refractivity contribution in [3.05, 3.63) is 64.7 Å². The molecule has 1 fully saturated rings. The standard InChI is InChI=1S/C20H21ClN2O2/c21-17-8-4-3-7-16(17)20(25)23-15-11-9-14(10-12-15)18(19(22)24)13-5-1-2-6-13/h3-4,7-13,18H,1-2,5-6H2,(H2,22,24)(H,23,25). The summed E-state index contributed by atoms with van der Waals surface area (Å²) in [6.45, 7) is 0. The minimum absolute atomic E-state index is 0.254. The maximum absolute atomic E-state index is 12.3. The van der Waals surface area contributed by atoms with E-state index in [-0.39, 0.29) is 17.7 Å². The number of nitrogens with one attached hydrogen (secondary N) is 1. The lowest BCUT2D eigenvalue weighted by Gasteiger charge is -2.21. The number of carbonyl (C=O) groups is 2. The van der Waals surface area contributed by atoms with Crippen molar-refractivity contribution in [2.24, 2.45) is 11.7 Å². The summed E-state index contributed by atoms with van der Waals surface area (Å²) in [6.07, 6.45) is 4.39. The molecule has 1 unspecified atom stereocenters. The molecule has 3 rings (SSSR count). The first-order valence-electron chi connectivity index (χ1n) is 8.51. The first-order valence-corrected chi connectivity index (χ1v) is 8.89. The predicted molar refractivity (Wildman–Crippen MR) is 99.7 cm³/mol. The molecule has 1 aliphatic carbocycles. The molecule has 25 heavy (non-hydrogen) atoms. The van der Waals surface area contributed by atoms with E-state index in [9.17, 15) is 9.59 Å². The van der Waals surface area contributed by atoms with Crippen LogP contribution < -0.4 is 11.1 Å². The van der Waals surface area contributed by atoms with Crippen molar-refractivity contribution in [3.63, 3.8) is 0 Å². The number of hydrogen-bond donors (Lipinski definition) is 2. The minimum Gasteiger partial charge on any atom is -0.369 e. The average molecular weight is 357 g/mol. The van der Waals surface area contributed by atoms with E-state index in [0.717, 1.165) is 31.2 Å². The highest BCUT2D eigenvalue weighted by Crippen LogP contribution is 2.37. The first kappa shape index (κ1) is 17.5. The summed E-state index contributed by atoms with van der Waals surface area (Å²) >= 11 is 6.05. The Morgan fingerprint density at radius 1 is 1.04 bits per heavy atom. The number of nitrogens with two attached hydrogens (primary N) is 1. The second-order valence-corrected chi connectivity index (χ2v) is 6.89. The molecule has 0 radical (unpaired) electrons. The van der Waals surface area contributed by atoms with Crippen LogP contribution in [0, 0.1) is 5.92 Å². The minimum atomic E-state index is -0.278. The highest BCUT2D eigenvalue weighted by molar-refractivity contribution is 6.34. The fraction of sp³-hybridized carbons (Fsp3) is 0.300. The van der Waals surface area contributed by atoms with E-state index in [1.54, 1.807) is 36.4 Å². The van der Waals surface area contributed by atoms with Crippen molar-refractivity contribution in [3.8, 4) is 0 Å². The van der Waals surface area contributed by atoms with Crippen LogP contribution in [0.25, 0.3) is 0 Å². The fourth-order valence-corrected chi connectivity index (χ4v) is 3.80. The van der Waals surface area contributed by atoms with Crippen molar-refractivity contribution in [2.45, 2.75) is 31.6 Å². The van der Waals surface area contributed by atoms with Gasteiger partial charge in [-0.2, -0.15) is 0 Å². The fourth-order valence-electron chi connectivity index (χ4n) is 3.58. The molecule has 0 aliphatic heterocycles. The lowest BCUT2D eigenvalue weighted by atomic mass is 9.84. The SMILES string of the molecule is NC(=O)C(c1ccc(NC(=O)c2ccccc2Cl)cc1)C1CCCC1. The maximum atomic E-state index is 12.3. The van der Waals surface area contributed by atoms with Crippen LogP contribution in [0.1, 0.15) is 47.5 Å². The lowest BCUT2D eigenvalue weighted by Crippen LogP contribution is -2.26. The number of rotatable bonds is 5. The van der Waals surface area contributed by atoms with Crippen molar-refractivity contribution >= 4 is 29.1 Å². The molecule has 2 amide bonds. The van der Waals surface area contributed by atoms with Gasteiger partial charge in [0.1, 0.15) is 0 Å². The molecule has 1 atom stereocenters. The zero-order valence-electron chi connectivity index (χ0n) is 13.9. The van der Waals surface area contributed by atoms with E-state index in [1.165, 1.54) is 0 Å². The highest BCUT2D eigenvalue weighted by Gasteiger charge is 2.30. The molecule has 0 bridgehead atoms. The summed E-state index contributed by atoms with van der Waals surface area (Å²) in [4.78, 5) is 24.2. The quantitative estimate of drug-likeness (QED) is 0.835. The van der Waals surface area contributed by atoms with E-state index < -0.39 is 0 Å². The first-order chi connectivity index (χ1) is 12.1. The number of halogens is 1. The molecule has 2 aromatic rings. The molecule has 0 spiro atoms. The molecule has 0 saturated heterocycles. The van der Waals surface area contributed by atoms with Crippen LogP contribution in [0.2, 0.25) is 5.02 Å². The molecule has 1 saturated carbocycles. The van der Waals surface area contributed by atoms with Gasteiger partial charge in [0.25, 0.3) is 5.91 Å². The Labute approximate surface area is 152 Å². The van der Waals surface area contributed by atoms with Crippen LogP contribution in [0.3, 0.4) is 0 Å². The van der Waals surface area contributed by atoms with E-state index >= 15 is 0 Å². The van der Waals surface area contributed by atoms with E-state index in [2.05, 4.69) is 5.32 Å². The van der Waals surface area contributed by atoms with Gasteiger partial charge in [0, 0.05) is 5.69 Å². The largest absolute Gasteiger partial charge is 0.369 e. The van der Waals surface area contributed by atoms with Gasteiger partial charge in [0.2, 0.25) is 5.91 Å². The van der Waals surface area contributed by atoms with Gasteiger partial charge in [0.15, 0.2) is 0 Å². The number of benzene rings is 2. The van der Waals surface area contributed by atoms with Crippen LogP contribution in [0.4, 0.5) is 5.69 Å². The van der Waals surface area contributed by atoms with Gasteiger partial charge in [0.05, 0.1) is 16.5 Å². The van der Waals surface area contributed by atoms with Gasteiger partial charge < -0.3 is 11.1 Å². The van der Waals surface area contributed by atoms with Crippen LogP contribution in [0.5, 0.6) is 0 Å². The van der Waals surface area contributed by atoms with Gasteiger partial charge in [-0.1, -0.05) is 48.7 Å². The zero-order chi connectivity index (χ0) is 17.8. The van der Waals surface area contributed by atoms with Crippen molar-refractivity contribution in [2.75, 3.05) is 5.32 Å². The van der Waals surface area contributed by atoms with Crippen molar-refractivity contribution in [1.29, 1.82) is 0 Å². The molecule has 3 N–H and O–H groups in total. The van der Waals surface area contributed by atoms with Gasteiger partial charge in [-0.05, 0) is 48.6 Å². The highest BCUT2D eigenvalue weighted by atomic mass is 35.5. The van der Waals surface area contributed by atoms with Crippen LogP contribution in [-0.2, 0) is 4.79 Å². The third-order valence-electron chi connectivity index (χ3n) is 4.82. The van der Waals surface area contributed by atoms with Crippen LogP contribution in [0.15, 0.2) is 48.5 Å². The topological polar surface area (TPSA) is 72.2 Å². The summed E-state index contributed by atoms with van der Waals surface area (Å²) in [6, 6.07) is 14.2. The third-order valence-corrected chi connectivity index (χ3v) is 5.15. The molecular weight excluding hydrogens is 336 g/mol. The summed E-state index contributed by atoms with van der Waals surface area (Å²) in [5.41, 5.74) is 7.63. The van der Waals surface area contributed by atoms with E-state index in [0.29, 0.717) is 22.2 Å². The number of carbonyl (C=O) groups excluding carboxylic acids is 2. The molecule has 5 heteroatoms. The molecule has 4 nitrogen and oxygen atoms in total. The molecular formula is C20H21ClN2O2. The Morgan fingerprint density at radius 3 is 2.28 bits per heavy atom. The third kappa shape index (κ3) is 4.02. The van der Waals surface area contributed by atoms with Crippen LogP contribution >= 0.6 is 11.6 Å². The Balaban J connectivity index is 1.74. The smallest absolute Gasteiger partial charge is 0.257 e. The monoisotopic (exact) mass is 356 g/mol. The van der Waals surface area contributed by atoms with E-state index in [4.69, 9.17) is 17.3 Å². The van der Waals surface area contributed by atoms with E-state index in [1.807, 2.05) is 12.1 Å². The summed E-state index contributed by atoms with van der Waals surface area (Å²) < 4.78 is 0. The summed E-state index contributed by atoms with van der Waals surface area (Å²) in [5.74, 6) is -0.475. The van der Waals surface area contributed by atoms with Crippen molar-refractivity contribution in [1.82, 2.24) is 0 Å². The van der Waals surface area contributed by atoms with Crippen LogP contribution in [-0.4, -0.2) is 11.8 Å². The summed E-state index contributed by atoms with van der Waals surface area (Å²) in [5, 5.41) is 3.23. The Kier molecular flexibility index (Phi) is 5.39. The van der Waals surface area contributed by atoms with Gasteiger partial charge in [-0.25, -0.2) is 0 Å². The van der Waals surface area contributed by atoms with Gasteiger partial charge >= 0.3 is 0 Å². The average Bonchev–Trinajstić information content (AvgIpc) is 3.10. The number of anilines is 1. The Morgan fingerprint density at radius 2 is 1.68 bits per heavy atom. The van der Waals surface area contributed by atoms with Gasteiger partial charge in [-0.15, -0.1) is 0 Å². The molecule has 2 aromatic carbocycles. The number of amides is 2. The normalized spacial score (nSPS) is 15.7. The van der Waals surface area contributed by atoms with Gasteiger partial charge in [-0.3, -0.25) is 9.59 Å².